The fourth-order valence-corrected chi connectivity index (χ4v) is 2.00. The zero-order valence-electron chi connectivity index (χ0n) is 8.76. The van der Waals surface area contributed by atoms with Gasteiger partial charge in [-0.3, -0.25) is 0 Å². The Morgan fingerprint density at radius 1 is 1.13 bits per heavy atom. The average Bonchev–Trinajstić information content (AvgIpc) is 2.28. The maximum atomic E-state index is 5.38. The largest absolute Gasteiger partial charge is 0.493 e. The van der Waals surface area contributed by atoms with E-state index in [0.717, 1.165) is 9.13 Å². The van der Waals surface area contributed by atoms with Crippen LogP contribution in [0.5, 0.6) is 17.2 Å². The number of terminal acetylenes is 1. The van der Waals surface area contributed by atoms with Crippen molar-refractivity contribution in [3.8, 4) is 29.6 Å². The van der Waals surface area contributed by atoms with Crippen molar-refractivity contribution in [1.29, 1.82) is 0 Å². The predicted molar refractivity (Wildman–Crippen MR) is 66.8 cm³/mol. The van der Waals surface area contributed by atoms with E-state index in [9.17, 15) is 0 Å². The van der Waals surface area contributed by atoms with E-state index in [4.69, 9.17) is 20.6 Å². The summed E-state index contributed by atoms with van der Waals surface area (Å²) in [5.74, 6) is 4.31. The van der Waals surface area contributed by atoms with Crippen LogP contribution in [-0.2, 0) is 0 Å². The van der Waals surface area contributed by atoms with Gasteiger partial charge < -0.3 is 14.2 Å². The average molecular weight is 318 g/mol. The summed E-state index contributed by atoms with van der Waals surface area (Å²) in [6.07, 6.45) is 5.38. The smallest absolute Gasteiger partial charge is 0.204 e. The van der Waals surface area contributed by atoms with E-state index < -0.39 is 0 Å². The zero-order valence-corrected chi connectivity index (χ0v) is 10.9. The summed E-state index contributed by atoms with van der Waals surface area (Å²) in [5, 5.41) is 0. The summed E-state index contributed by atoms with van der Waals surface area (Å²) in [5.41, 5.74) is 0.727. The van der Waals surface area contributed by atoms with E-state index in [1.807, 2.05) is 0 Å². The van der Waals surface area contributed by atoms with E-state index in [0.29, 0.717) is 17.2 Å². The second kappa shape index (κ2) is 5.12. The van der Waals surface area contributed by atoms with Crippen molar-refractivity contribution >= 4 is 22.6 Å². The third-order valence-electron chi connectivity index (χ3n) is 1.92. The van der Waals surface area contributed by atoms with Gasteiger partial charge in [0.05, 0.1) is 24.9 Å². The Hall–Kier alpha value is -1.09. The van der Waals surface area contributed by atoms with Crippen LogP contribution in [0.4, 0.5) is 0 Å². The SMILES string of the molecule is C#Cc1cc(OC)c(OC)c(OC)c1I. The Balaban J connectivity index is 3.51. The first-order valence-electron chi connectivity index (χ1n) is 4.14. The summed E-state index contributed by atoms with van der Waals surface area (Å²) in [7, 11) is 4.69. The summed E-state index contributed by atoms with van der Waals surface area (Å²) in [4.78, 5) is 0. The lowest BCUT2D eigenvalue weighted by molar-refractivity contribution is 0.323. The lowest BCUT2D eigenvalue weighted by Gasteiger charge is -2.14. The molecule has 0 aliphatic rings. The maximum Gasteiger partial charge on any atom is 0.204 e. The first-order valence-corrected chi connectivity index (χ1v) is 5.22. The molecule has 0 fully saturated rings. The quantitative estimate of drug-likeness (QED) is 0.632. The number of hydrogen-bond donors (Lipinski definition) is 0. The van der Waals surface area contributed by atoms with Crippen LogP contribution >= 0.6 is 22.6 Å². The molecule has 0 atom stereocenters. The van der Waals surface area contributed by atoms with E-state index in [1.165, 1.54) is 0 Å². The molecule has 0 saturated heterocycles. The van der Waals surface area contributed by atoms with Crippen molar-refractivity contribution in [2.24, 2.45) is 0 Å². The number of rotatable bonds is 3. The normalized spacial score (nSPS) is 9.27. The van der Waals surface area contributed by atoms with Gasteiger partial charge in [-0.05, 0) is 22.6 Å². The maximum absolute atomic E-state index is 5.38. The van der Waals surface area contributed by atoms with Crippen LogP contribution in [0.15, 0.2) is 6.07 Å². The van der Waals surface area contributed by atoms with Gasteiger partial charge in [0.25, 0.3) is 0 Å². The summed E-state index contributed by atoms with van der Waals surface area (Å²) in [6, 6.07) is 1.75. The van der Waals surface area contributed by atoms with E-state index in [2.05, 4.69) is 28.5 Å². The number of benzene rings is 1. The Kier molecular flexibility index (Phi) is 4.09. The fourth-order valence-electron chi connectivity index (χ4n) is 1.23. The van der Waals surface area contributed by atoms with Crippen molar-refractivity contribution in [2.45, 2.75) is 0 Å². The third kappa shape index (κ3) is 2.12. The molecule has 0 aliphatic carbocycles. The van der Waals surface area contributed by atoms with Crippen LogP contribution in [0, 0.1) is 15.9 Å². The zero-order chi connectivity index (χ0) is 11.4. The summed E-state index contributed by atoms with van der Waals surface area (Å²) < 4.78 is 16.5. The van der Waals surface area contributed by atoms with Crippen LogP contribution in [0.2, 0.25) is 0 Å². The molecule has 0 unspecified atom stereocenters. The molecule has 0 spiro atoms. The third-order valence-corrected chi connectivity index (χ3v) is 3.00. The lowest BCUT2D eigenvalue weighted by atomic mass is 10.2. The van der Waals surface area contributed by atoms with E-state index >= 15 is 0 Å². The Morgan fingerprint density at radius 2 is 1.73 bits per heavy atom. The molecule has 1 aromatic rings. The minimum Gasteiger partial charge on any atom is -0.493 e. The molecule has 0 amide bonds. The highest BCUT2D eigenvalue weighted by molar-refractivity contribution is 14.1. The van der Waals surface area contributed by atoms with Crippen LogP contribution in [-0.4, -0.2) is 21.3 Å². The topological polar surface area (TPSA) is 27.7 Å². The Bertz CT molecular complexity index is 407. The molecule has 0 radical (unpaired) electrons. The van der Waals surface area contributed by atoms with Crippen molar-refractivity contribution < 1.29 is 14.2 Å². The van der Waals surface area contributed by atoms with Gasteiger partial charge in [0.1, 0.15) is 0 Å². The molecule has 80 valence electrons. The molecule has 1 aromatic carbocycles. The molecule has 1 rings (SSSR count). The summed E-state index contributed by atoms with van der Waals surface area (Å²) >= 11 is 2.12. The van der Waals surface area contributed by atoms with Gasteiger partial charge in [0, 0.05) is 11.6 Å². The van der Waals surface area contributed by atoms with Crippen LogP contribution in [0.1, 0.15) is 5.56 Å². The highest BCUT2D eigenvalue weighted by Crippen LogP contribution is 2.42. The van der Waals surface area contributed by atoms with Crippen molar-refractivity contribution in [2.75, 3.05) is 21.3 Å². The van der Waals surface area contributed by atoms with Crippen molar-refractivity contribution in [3.05, 3.63) is 15.2 Å². The second-order valence-corrected chi connectivity index (χ2v) is 3.73. The molecule has 0 N–H and O–H groups in total. The monoisotopic (exact) mass is 318 g/mol. The number of hydrogen-bond acceptors (Lipinski definition) is 3. The molecular formula is C11H11IO3. The van der Waals surface area contributed by atoms with Gasteiger partial charge in [0.15, 0.2) is 11.5 Å². The highest BCUT2D eigenvalue weighted by Gasteiger charge is 2.17. The lowest BCUT2D eigenvalue weighted by Crippen LogP contribution is -1.98. The molecule has 0 heterocycles. The van der Waals surface area contributed by atoms with Crippen LogP contribution in [0.25, 0.3) is 0 Å². The molecule has 3 nitrogen and oxygen atoms in total. The van der Waals surface area contributed by atoms with Gasteiger partial charge >= 0.3 is 0 Å². The molecule has 0 aliphatic heterocycles. The Morgan fingerprint density at radius 3 is 2.13 bits per heavy atom. The van der Waals surface area contributed by atoms with E-state index in [1.54, 1.807) is 27.4 Å². The number of halogens is 1. The van der Waals surface area contributed by atoms with Gasteiger partial charge in [-0.25, -0.2) is 0 Å². The first-order chi connectivity index (χ1) is 7.19. The fraction of sp³-hybridized carbons (Fsp3) is 0.273. The van der Waals surface area contributed by atoms with Gasteiger partial charge in [-0.1, -0.05) is 5.92 Å². The number of ether oxygens (including phenoxy) is 3. The van der Waals surface area contributed by atoms with Crippen molar-refractivity contribution in [3.63, 3.8) is 0 Å². The minimum absolute atomic E-state index is 0.559. The van der Waals surface area contributed by atoms with Crippen LogP contribution < -0.4 is 14.2 Å². The van der Waals surface area contributed by atoms with Crippen LogP contribution in [0.3, 0.4) is 0 Å². The second-order valence-electron chi connectivity index (χ2n) is 2.65. The molecule has 15 heavy (non-hydrogen) atoms. The summed E-state index contributed by atoms with van der Waals surface area (Å²) in [6.45, 7) is 0. The Labute approximate surface area is 103 Å². The molecule has 4 heteroatoms. The van der Waals surface area contributed by atoms with Gasteiger partial charge in [0.2, 0.25) is 5.75 Å². The van der Waals surface area contributed by atoms with Gasteiger partial charge in [-0.15, -0.1) is 6.42 Å². The highest BCUT2D eigenvalue weighted by atomic mass is 127. The van der Waals surface area contributed by atoms with E-state index in [-0.39, 0.29) is 0 Å². The predicted octanol–water partition coefficient (Wildman–Crippen LogP) is 2.30. The molecular weight excluding hydrogens is 307 g/mol. The van der Waals surface area contributed by atoms with Crippen molar-refractivity contribution in [1.82, 2.24) is 0 Å². The minimum atomic E-state index is 0.559. The van der Waals surface area contributed by atoms with Gasteiger partial charge in [-0.2, -0.15) is 0 Å². The number of methoxy groups -OCH3 is 3. The molecule has 0 saturated carbocycles. The molecule has 0 bridgehead atoms. The first kappa shape index (κ1) is 12.0. The molecule has 0 aromatic heterocycles. The standard InChI is InChI=1S/C11H11IO3/c1-5-7-6-8(13-2)10(14-3)11(15-4)9(7)12/h1,6H,2-4H3.